The molecule has 1 aromatic rings. The Kier molecular flexibility index (Phi) is 11.2. The fourth-order valence-electron chi connectivity index (χ4n) is 2.98. The minimum atomic E-state index is -1.16. The summed E-state index contributed by atoms with van der Waals surface area (Å²) in [5.74, 6) is -3.56. The average Bonchev–Trinajstić information content (AvgIpc) is 2.73. The normalized spacial score (nSPS) is 14.9. The van der Waals surface area contributed by atoms with Crippen LogP contribution >= 0.6 is 12.6 Å². The molecule has 0 fully saturated rings. The largest absolute Gasteiger partial charge is 0.480 e. The third-order valence-electron chi connectivity index (χ3n) is 4.93. The number of rotatable bonds is 12. The second-order valence-electron chi connectivity index (χ2n) is 8.34. The number of carbonyl (C=O) groups excluding carboxylic acids is 3. The van der Waals surface area contributed by atoms with E-state index in [-0.39, 0.29) is 17.6 Å². The van der Waals surface area contributed by atoms with Crippen molar-refractivity contribution in [3.05, 3.63) is 35.9 Å². The summed E-state index contributed by atoms with van der Waals surface area (Å²) in [4.78, 5) is 49.3. The molecule has 1 aromatic carbocycles. The number of hydrogen-bond acceptors (Lipinski definition) is 6. The fraction of sp³-hybridized carbons (Fsp3) is 0.545. The molecule has 32 heavy (non-hydrogen) atoms. The molecule has 0 aliphatic carbocycles. The SMILES string of the molecule is CC(C)C(NC(=O)C(NC(=O)C(CS)NC(=O)C(N)Cc1ccccc1)C(C)C)C(=O)O. The topological polar surface area (TPSA) is 151 Å². The van der Waals surface area contributed by atoms with Gasteiger partial charge in [0.2, 0.25) is 17.7 Å². The lowest BCUT2D eigenvalue weighted by Gasteiger charge is -2.27. The maximum atomic E-state index is 12.8. The highest BCUT2D eigenvalue weighted by Gasteiger charge is 2.32. The molecule has 3 amide bonds. The van der Waals surface area contributed by atoms with E-state index in [1.165, 1.54) is 0 Å². The zero-order valence-electron chi connectivity index (χ0n) is 18.9. The van der Waals surface area contributed by atoms with Crippen LogP contribution in [0.15, 0.2) is 30.3 Å². The van der Waals surface area contributed by atoms with E-state index in [1.54, 1.807) is 27.7 Å². The van der Waals surface area contributed by atoms with E-state index in [0.29, 0.717) is 6.42 Å². The molecule has 0 aromatic heterocycles. The van der Waals surface area contributed by atoms with Crippen molar-refractivity contribution in [1.29, 1.82) is 0 Å². The second-order valence-corrected chi connectivity index (χ2v) is 8.70. The highest BCUT2D eigenvalue weighted by Crippen LogP contribution is 2.08. The fourth-order valence-corrected chi connectivity index (χ4v) is 3.24. The van der Waals surface area contributed by atoms with Gasteiger partial charge in [-0.2, -0.15) is 12.6 Å². The van der Waals surface area contributed by atoms with Gasteiger partial charge in [0.15, 0.2) is 0 Å². The number of nitrogens with one attached hydrogen (secondary N) is 3. The quantitative estimate of drug-likeness (QED) is 0.245. The summed E-state index contributed by atoms with van der Waals surface area (Å²) >= 11 is 4.14. The van der Waals surface area contributed by atoms with Crippen molar-refractivity contribution in [1.82, 2.24) is 16.0 Å². The highest BCUT2D eigenvalue weighted by molar-refractivity contribution is 7.80. The van der Waals surface area contributed by atoms with E-state index in [0.717, 1.165) is 5.56 Å². The number of aliphatic carboxylic acids is 1. The molecule has 0 radical (unpaired) electrons. The summed E-state index contributed by atoms with van der Waals surface area (Å²) in [6, 6.07) is 5.30. The van der Waals surface area contributed by atoms with Gasteiger partial charge in [-0.25, -0.2) is 4.79 Å². The van der Waals surface area contributed by atoms with Crippen molar-refractivity contribution in [2.75, 3.05) is 5.75 Å². The summed E-state index contributed by atoms with van der Waals surface area (Å²) in [5.41, 5.74) is 6.86. The molecule has 178 valence electrons. The Morgan fingerprint density at radius 1 is 0.875 bits per heavy atom. The molecule has 4 atom stereocenters. The van der Waals surface area contributed by atoms with Crippen LogP contribution in [-0.4, -0.2) is 58.7 Å². The predicted octanol–water partition coefficient (Wildman–Crippen LogP) is 0.337. The van der Waals surface area contributed by atoms with Crippen molar-refractivity contribution in [2.45, 2.75) is 58.3 Å². The number of carboxylic acid groups (broad SMARTS) is 1. The van der Waals surface area contributed by atoms with Gasteiger partial charge >= 0.3 is 5.97 Å². The summed E-state index contributed by atoms with van der Waals surface area (Å²) in [6.07, 6.45) is 0.302. The number of hydrogen-bond donors (Lipinski definition) is 6. The van der Waals surface area contributed by atoms with E-state index in [2.05, 4.69) is 28.6 Å². The molecular formula is C22H34N4O5S. The molecule has 0 aliphatic rings. The molecular weight excluding hydrogens is 432 g/mol. The Morgan fingerprint density at radius 2 is 1.41 bits per heavy atom. The lowest BCUT2D eigenvalue weighted by atomic mass is 10.00. The molecule has 0 saturated carbocycles. The average molecular weight is 467 g/mol. The molecule has 0 aliphatic heterocycles. The summed E-state index contributed by atoms with van der Waals surface area (Å²) < 4.78 is 0. The molecule has 0 heterocycles. The van der Waals surface area contributed by atoms with E-state index < -0.39 is 47.9 Å². The smallest absolute Gasteiger partial charge is 0.326 e. The van der Waals surface area contributed by atoms with Gasteiger partial charge in [0.05, 0.1) is 6.04 Å². The Morgan fingerprint density at radius 3 is 1.88 bits per heavy atom. The van der Waals surface area contributed by atoms with Crippen LogP contribution in [0.2, 0.25) is 0 Å². The van der Waals surface area contributed by atoms with Gasteiger partial charge in [-0.3, -0.25) is 14.4 Å². The zero-order valence-corrected chi connectivity index (χ0v) is 19.8. The second kappa shape index (κ2) is 13.1. The van der Waals surface area contributed by atoms with Crippen molar-refractivity contribution >= 4 is 36.3 Å². The van der Waals surface area contributed by atoms with E-state index >= 15 is 0 Å². The molecule has 9 nitrogen and oxygen atoms in total. The van der Waals surface area contributed by atoms with Crippen LogP contribution in [-0.2, 0) is 25.6 Å². The summed E-state index contributed by atoms with van der Waals surface area (Å²) in [7, 11) is 0. The van der Waals surface area contributed by atoms with Crippen LogP contribution in [0.3, 0.4) is 0 Å². The van der Waals surface area contributed by atoms with Gasteiger partial charge in [0.25, 0.3) is 0 Å². The first-order chi connectivity index (χ1) is 15.0. The van der Waals surface area contributed by atoms with Gasteiger partial charge in [-0.1, -0.05) is 58.0 Å². The molecule has 6 N–H and O–H groups in total. The van der Waals surface area contributed by atoms with Gasteiger partial charge in [0, 0.05) is 5.75 Å². The number of thiol groups is 1. The van der Waals surface area contributed by atoms with Crippen LogP contribution < -0.4 is 21.7 Å². The van der Waals surface area contributed by atoms with Crippen LogP contribution in [0.5, 0.6) is 0 Å². The first kappa shape index (κ1) is 27.4. The Bertz CT molecular complexity index is 788. The minimum absolute atomic E-state index is 0.00813. The van der Waals surface area contributed by atoms with E-state index in [9.17, 15) is 24.3 Å². The summed E-state index contributed by atoms with van der Waals surface area (Å²) in [6.45, 7) is 6.79. The highest BCUT2D eigenvalue weighted by atomic mass is 32.1. The van der Waals surface area contributed by atoms with Gasteiger partial charge in [-0.05, 0) is 23.8 Å². The van der Waals surface area contributed by atoms with E-state index in [1.807, 2.05) is 30.3 Å². The van der Waals surface area contributed by atoms with Crippen LogP contribution in [0.25, 0.3) is 0 Å². The number of carbonyl (C=O) groups is 4. The molecule has 0 saturated heterocycles. The molecule has 4 unspecified atom stereocenters. The number of carboxylic acids is 1. The number of amides is 3. The van der Waals surface area contributed by atoms with Crippen molar-refractivity contribution in [3.63, 3.8) is 0 Å². The number of benzene rings is 1. The van der Waals surface area contributed by atoms with Gasteiger partial charge < -0.3 is 26.8 Å². The molecule has 10 heteroatoms. The van der Waals surface area contributed by atoms with Gasteiger partial charge in [-0.15, -0.1) is 0 Å². The third-order valence-corrected chi connectivity index (χ3v) is 5.29. The van der Waals surface area contributed by atoms with Gasteiger partial charge in [0.1, 0.15) is 18.1 Å². The van der Waals surface area contributed by atoms with Crippen molar-refractivity contribution in [3.8, 4) is 0 Å². The maximum absolute atomic E-state index is 12.8. The Hall–Kier alpha value is -2.59. The van der Waals surface area contributed by atoms with Crippen LogP contribution in [0.1, 0.15) is 33.3 Å². The predicted molar refractivity (Wildman–Crippen MR) is 125 cm³/mol. The molecule has 1 rings (SSSR count). The van der Waals surface area contributed by atoms with E-state index in [4.69, 9.17) is 5.73 Å². The lowest BCUT2D eigenvalue weighted by molar-refractivity contribution is -0.143. The standard InChI is InChI=1S/C22H34N4O5S/c1-12(2)17(21(29)26-18(13(3)4)22(30)31)25-20(28)16(11-32)24-19(27)15(23)10-14-8-6-5-7-9-14/h5-9,12-13,15-18,32H,10-11,23H2,1-4H3,(H,24,27)(H,25,28)(H,26,29)(H,30,31). The first-order valence-electron chi connectivity index (χ1n) is 10.5. The lowest BCUT2D eigenvalue weighted by Crippen LogP contribution is -2.59. The zero-order chi connectivity index (χ0) is 24.4. The monoisotopic (exact) mass is 466 g/mol. The van der Waals surface area contributed by atoms with Crippen LogP contribution in [0.4, 0.5) is 0 Å². The Labute approximate surface area is 194 Å². The maximum Gasteiger partial charge on any atom is 0.326 e. The Balaban J connectivity index is 2.79. The summed E-state index contributed by atoms with van der Waals surface area (Å²) in [5, 5.41) is 16.9. The van der Waals surface area contributed by atoms with Crippen molar-refractivity contribution < 1.29 is 24.3 Å². The first-order valence-corrected chi connectivity index (χ1v) is 11.1. The third kappa shape index (κ3) is 8.51. The molecule has 0 spiro atoms. The number of nitrogens with two attached hydrogens (primary N) is 1. The van der Waals surface area contributed by atoms with Crippen molar-refractivity contribution in [2.24, 2.45) is 17.6 Å². The molecule has 0 bridgehead atoms. The minimum Gasteiger partial charge on any atom is -0.480 e. The van der Waals surface area contributed by atoms with Crippen LogP contribution in [0, 0.1) is 11.8 Å².